The molecule has 2 heterocycles. The lowest BCUT2D eigenvalue weighted by atomic mass is 9.98. The normalized spacial score (nSPS) is 19.7. The van der Waals surface area contributed by atoms with E-state index in [0.717, 1.165) is 5.56 Å². The van der Waals surface area contributed by atoms with Gasteiger partial charge in [-0.1, -0.05) is 30.3 Å². The summed E-state index contributed by atoms with van der Waals surface area (Å²) in [6, 6.07) is 16.3. The maximum Gasteiger partial charge on any atom is 0.265 e. The number of carbonyl (C=O) groups excluding carboxylic acids is 1. The van der Waals surface area contributed by atoms with Crippen LogP contribution < -0.4 is 19.3 Å². The molecule has 1 unspecified atom stereocenters. The van der Waals surface area contributed by atoms with Crippen LogP contribution in [0.3, 0.4) is 0 Å². The largest absolute Gasteiger partial charge is 0.497 e. The van der Waals surface area contributed by atoms with Crippen LogP contribution in [-0.4, -0.2) is 38.7 Å². The van der Waals surface area contributed by atoms with E-state index in [4.69, 9.17) is 16.3 Å². The molecule has 0 radical (unpaired) electrons. The third kappa shape index (κ3) is 5.19. The molecule has 8 nitrogen and oxygen atoms in total. The van der Waals surface area contributed by atoms with Crippen molar-refractivity contribution in [2.24, 2.45) is 0 Å². The molecule has 0 spiro atoms. The molecule has 0 saturated carbocycles. The predicted molar refractivity (Wildman–Crippen MR) is 148 cm³/mol. The van der Waals surface area contributed by atoms with E-state index in [2.05, 4.69) is 11.9 Å². The highest BCUT2D eigenvalue weighted by atomic mass is 35.5. The van der Waals surface area contributed by atoms with Gasteiger partial charge in [0.1, 0.15) is 11.6 Å². The molecule has 1 atom stereocenters. The molecule has 1 saturated heterocycles. The number of carbonyl (C=O) groups is 1. The van der Waals surface area contributed by atoms with Gasteiger partial charge in [-0.15, -0.1) is 0 Å². The molecule has 11 heteroatoms. The Bertz CT molecular complexity index is 1540. The van der Waals surface area contributed by atoms with E-state index in [0.29, 0.717) is 28.3 Å². The fourth-order valence-corrected chi connectivity index (χ4v) is 6.75. The van der Waals surface area contributed by atoms with E-state index in [1.807, 2.05) is 12.1 Å². The Balaban J connectivity index is 1.31. The Morgan fingerprint density at radius 1 is 1.15 bits per heavy atom. The van der Waals surface area contributed by atoms with Crippen molar-refractivity contribution in [3.05, 3.63) is 100 Å². The van der Waals surface area contributed by atoms with Crippen LogP contribution in [-0.2, 0) is 33.7 Å². The summed E-state index contributed by atoms with van der Waals surface area (Å²) in [7, 11) is -2.04. The average molecular weight is 572 g/mol. The maximum atomic E-state index is 13.6. The second-order valence-corrected chi connectivity index (χ2v) is 11.9. The van der Waals surface area contributed by atoms with Crippen LogP contribution in [0.15, 0.2) is 72.9 Å². The molecular weight excluding hydrogens is 545 g/mol. The summed E-state index contributed by atoms with van der Waals surface area (Å²) in [5.41, 5.74) is 1.17. The Morgan fingerprint density at radius 3 is 2.59 bits per heavy atom. The quantitative estimate of drug-likeness (QED) is 0.422. The SMILES string of the molecule is C=C(NCc1cc(F)cc(Cl)c1)C1(O)CCN(c2ccc3c(c2)CS(=O)(=O)N3Cc2ccc(OC)cc2)C1=O. The summed E-state index contributed by atoms with van der Waals surface area (Å²) in [4.78, 5) is 14.8. The number of halogens is 2. The molecule has 39 heavy (non-hydrogen) atoms. The minimum Gasteiger partial charge on any atom is -0.497 e. The topological polar surface area (TPSA) is 99.2 Å². The number of ether oxygens (including phenoxy) is 1. The van der Waals surface area contributed by atoms with Crippen LogP contribution in [0.1, 0.15) is 23.1 Å². The van der Waals surface area contributed by atoms with Gasteiger partial charge in [0.05, 0.1) is 25.1 Å². The molecule has 204 valence electrons. The van der Waals surface area contributed by atoms with Crippen molar-refractivity contribution in [2.75, 3.05) is 22.9 Å². The molecular formula is C28H27ClFN3O5S. The van der Waals surface area contributed by atoms with E-state index in [1.54, 1.807) is 43.5 Å². The van der Waals surface area contributed by atoms with Crippen LogP contribution >= 0.6 is 11.6 Å². The third-order valence-electron chi connectivity index (χ3n) is 7.03. The average Bonchev–Trinajstić information content (AvgIpc) is 3.34. The van der Waals surface area contributed by atoms with E-state index in [-0.39, 0.29) is 42.5 Å². The Morgan fingerprint density at radius 2 is 1.90 bits per heavy atom. The fourth-order valence-electron chi connectivity index (χ4n) is 4.90. The smallest absolute Gasteiger partial charge is 0.265 e. The van der Waals surface area contributed by atoms with Crippen LogP contribution in [0.4, 0.5) is 15.8 Å². The second-order valence-electron chi connectivity index (χ2n) is 9.60. The zero-order valence-corrected chi connectivity index (χ0v) is 22.7. The van der Waals surface area contributed by atoms with E-state index >= 15 is 0 Å². The first-order chi connectivity index (χ1) is 18.5. The number of nitrogens with one attached hydrogen (secondary N) is 1. The van der Waals surface area contributed by atoms with Gasteiger partial charge in [0.2, 0.25) is 10.0 Å². The van der Waals surface area contributed by atoms with Gasteiger partial charge in [0.25, 0.3) is 5.91 Å². The first-order valence-corrected chi connectivity index (χ1v) is 14.2. The van der Waals surface area contributed by atoms with Gasteiger partial charge in [0, 0.05) is 35.9 Å². The first kappa shape index (κ1) is 27.0. The van der Waals surface area contributed by atoms with Crippen molar-refractivity contribution in [3.63, 3.8) is 0 Å². The van der Waals surface area contributed by atoms with Crippen LogP contribution in [0.25, 0.3) is 0 Å². The number of sulfonamides is 1. The summed E-state index contributed by atoms with van der Waals surface area (Å²) in [6.07, 6.45) is 0.0839. The molecule has 2 N–H and O–H groups in total. The fraction of sp³-hybridized carbons (Fsp3) is 0.250. The van der Waals surface area contributed by atoms with Gasteiger partial charge in [-0.2, -0.15) is 0 Å². The standard InChI is InChI=1S/C28H27ClFN3O5S/c1-18(31-15-20-11-22(29)14-23(30)12-20)28(35)9-10-32(27(28)34)24-5-8-26-21(13-24)17-39(36,37)33(26)16-19-3-6-25(38-2)7-4-19/h3-8,11-14,31,35H,1,9-10,15-17H2,2H3. The van der Waals surface area contributed by atoms with Crippen molar-refractivity contribution in [1.29, 1.82) is 0 Å². The van der Waals surface area contributed by atoms with Gasteiger partial charge in [0.15, 0.2) is 5.60 Å². The number of fused-ring (bicyclic) bond motifs is 1. The summed E-state index contributed by atoms with van der Waals surface area (Å²) < 4.78 is 46.2. The molecule has 5 rings (SSSR count). The van der Waals surface area contributed by atoms with Gasteiger partial charge in [-0.25, -0.2) is 12.8 Å². The Labute approximate surface area is 231 Å². The number of methoxy groups -OCH3 is 1. The number of amides is 1. The first-order valence-electron chi connectivity index (χ1n) is 12.2. The minimum absolute atomic E-state index is 0.0839. The molecule has 1 amide bonds. The summed E-state index contributed by atoms with van der Waals surface area (Å²) in [5.74, 6) is -0.580. The Kier molecular flexibility index (Phi) is 7.04. The molecule has 0 aromatic heterocycles. The Hall–Kier alpha value is -3.60. The van der Waals surface area contributed by atoms with Gasteiger partial charge < -0.3 is 20.1 Å². The van der Waals surface area contributed by atoms with Crippen LogP contribution in [0.2, 0.25) is 5.02 Å². The number of nitrogens with zero attached hydrogens (tertiary/aromatic N) is 2. The highest BCUT2D eigenvalue weighted by Crippen LogP contribution is 2.39. The zero-order chi connectivity index (χ0) is 27.9. The van der Waals surface area contributed by atoms with E-state index in [1.165, 1.54) is 21.3 Å². The maximum absolute atomic E-state index is 13.6. The van der Waals surface area contributed by atoms with Crippen molar-refractivity contribution in [2.45, 2.75) is 30.9 Å². The summed E-state index contributed by atoms with van der Waals surface area (Å²) >= 11 is 5.90. The molecule has 1 fully saturated rings. The van der Waals surface area contributed by atoms with Gasteiger partial charge in [-0.3, -0.25) is 9.10 Å². The van der Waals surface area contributed by atoms with Crippen molar-refractivity contribution >= 4 is 38.9 Å². The van der Waals surface area contributed by atoms with Gasteiger partial charge >= 0.3 is 0 Å². The predicted octanol–water partition coefficient (Wildman–Crippen LogP) is 4.11. The lowest BCUT2D eigenvalue weighted by molar-refractivity contribution is -0.130. The summed E-state index contributed by atoms with van der Waals surface area (Å²) in [6.45, 7) is 4.35. The van der Waals surface area contributed by atoms with Crippen molar-refractivity contribution < 1.29 is 27.4 Å². The minimum atomic E-state index is -3.60. The number of aliphatic hydroxyl groups is 1. The second kappa shape index (κ2) is 10.2. The van der Waals surface area contributed by atoms with E-state index in [9.17, 15) is 22.7 Å². The van der Waals surface area contributed by atoms with Gasteiger partial charge in [-0.05, 0) is 65.2 Å². The van der Waals surface area contributed by atoms with Crippen LogP contribution in [0.5, 0.6) is 5.75 Å². The molecule has 0 bridgehead atoms. The molecule has 3 aromatic carbocycles. The van der Waals surface area contributed by atoms with E-state index < -0.39 is 27.3 Å². The molecule has 2 aliphatic rings. The highest BCUT2D eigenvalue weighted by Gasteiger charge is 2.48. The lowest BCUT2D eigenvalue weighted by Crippen LogP contribution is -2.45. The number of hydrogen-bond acceptors (Lipinski definition) is 6. The number of benzene rings is 3. The number of rotatable bonds is 8. The van der Waals surface area contributed by atoms with Crippen LogP contribution in [0, 0.1) is 5.82 Å². The number of anilines is 2. The molecule has 2 aliphatic heterocycles. The summed E-state index contributed by atoms with van der Waals surface area (Å²) in [5, 5.41) is 14.4. The molecule has 3 aromatic rings. The molecule has 0 aliphatic carbocycles. The third-order valence-corrected chi connectivity index (χ3v) is 8.92. The lowest BCUT2D eigenvalue weighted by Gasteiger charge is -2.26. The number of hydrogen-bond donors (Lipinski definition) is 2. The zero-order valence-electron chi connectivity index (χ0n) is 21.2. The monoisotopic (exact) mass is 571 g/mol. The van der Waals surface area contributed by atoms with Crippen molar-refractivity contribution in [1.82, 2.24) is 5.32 Å². The highest BCUT2D eigenvalue weighted by molar-refractivity contribution is 7.92. The van der Waals surface area contributed by atoms with Crippen molar-refractivity contribution in [3.8, 4) is 5.75 Å².